The lowest BCUT2D eigenvalue weighted by molar-refractivity contribution is -0.159. The highest BCUT2D eigenvalue weighted by Gasteiger charge is 2.31. The number of carbonyl (C=O) groups is 1. The molecule has 0 saturated carbocycles. The zero-order valence-electron chi connectivity index (χ0n) is 11.1. The summed E-state index contributed by atoms with van der Waals surface area (Å²) in [5.74, 6) is -0.617. The van der Waals surface area contributed by atoms with E-state index in [9.17, 15) is 18.0 Å². The first kappa shape index (κ1) is 16.6. The number of halogens is 3. The molecule has 0 unspecified atom stereocenters. The van der Waals surface area contributed by atoms with E-state index in [1.54, 1.807) is 0 Å². The maximum absolute atomic E-state index is 12.1. The van der Waals surface area contributed by atoms with Crippen LogP contribution in [0.15, 0.2) is 29.4 Å². The number of nitrogens with two attached hydrogens (primary N) is 1. The number of carbonyl (C=O) groups excluding carboxylic acids is 1. The Morgan fingerprint density at radius 3 is 2.43 bits per heavy atom. The molecule has 1 aromatic rings. The summed E-state index contributed by atoms with van der Waals surface area (Å²) in [6.07, 6.45) is -4.45. The van der Waals surface area contributed by atoms with Crippen LogP contribution in [0.25, 0.3) is 0 Å². The van der Waals surface area contributed by atoms with E-state index in [4.69, 9.17) is 15.7 Å². The fourth-order valence-corrected chi connectivity index (χ4v) is 1.39. The largest absolute Gasteiger partial charge is 0.484 e. The molecule has 1 rings (SSSR count). The van der Waals surface area contributed by atoms with Gasteiger partial charge in [0.15, 0.2) is 12.4 Å². The smallest absolute Gasteiger partial charge is 0.406 e. The summed E-state index contributed by atoms with van der Waals surface area (Å²) in [7, 11) is 1.04. The molecular formula is C12H14F3N3O3. The number of rotatable bonds is 5. The van der Waals surface area contributed by atoms with Crippen LogP contribution in [-0.2, 0) is 4.79 Å². The molecule has 0 aliphatic heterocycles. The van der Waals surface area contributed by atoms with Crippen molar-refractivity contribution in [2.24, 2.45) is 10.9 Å². The van der Waals surface area contributed by atoms with Crippen molar-refractivity contribution in [1.29, 1.82) is 0 Å². The van der Waals surface area contributed by atoms with Crippen LogP contribution in [0.2, 0.25) is 0 Å². The van der Waals surface area contributed by atoms with E-state index in [0.717, 1.165) is 7.05 Å². The quantitative estimate of drug-likeness (QED) is 0.370. The van der Waals surface area contributed by atoms with Crippen LogP contribution in [0.1, 0.15) is 5.56 Å². The van der Waals surface area contributed by atoms with Crippen LogP contribution in [0.5, 0.6) is 5.75 Å². The number of hydrogen-bond donors (Lipinski definition) is 2. The summed E-state index contributed by atoms with van der Waals surface area (Å²) in [6.45, 7) is -1.85. The van der Waals surface area contributed by atoms with Crippen molar-refractivity contribution >= 4 is 11.7 Å². The Morgan fingerprint density at radius 1 is 1.38 bits per heavy atom. The summed E-state index contributed by atoms with van der Waals surface area (Å²) in [5, 5.41) is 11.3. The van der Waals surface area contributed by atoms with Crippen molar-refractivity contribution < 1.29 is 27.9 Å². The minimum absolute atomic E-state index is 0.0949. The fraction of sp³-hybridized carbons (Fsp3) is 0.333. The van der Waals surface area contributed by atoms with Gasteiger partial charge in [0.25, 0.3) is 5.91 Å². The topological polar surface area (TPSA) is 88.2 Å². The first-order chi connectivity index (χ1) is 9.73. The van der Waals surface area contributed by atoms with E-state index in [0.29, 0.717) is 10.5 Å². The molecule has 0 heterocycles. The van der Waals surface area contributed by atoms with Gasteiger partial charge >= 0.3 is 6.18 Å². The van der Waals surface area contributed by atoms with Crippen LogP contribution >= 0.6 is 0 Å². The molecule has 116 valence electrons. The van der Waals surface area contributed by atoms with Gasteiger partial charge in [-0.2, -0.15) is 13.2 Å². The van der Waals surface area contributed by atoms with E-state index >= 15 is 0 Å². The summed E-state index contributed by atoms with van der Waals surface area (Å²) in [4.78, 5) is 12.0. The van der Waals surface area contributed by atoms with Gasteiger partial charge in [0.1, 0.15) is 12.3 Å². The van der Waals surface area contributed by atoms with Crippen LogP contribution in [0, 0.1) is 0 Å². The molecule has 1 aromatic carbocycles. The van der Waals surface area contributed by atoms with Crippen molar-refractivity contribution in [1.82, 2.24) is 4.90 Å². The Morgan fingerprint density at radius 2 is 1.95 bits per heavy atom. The number of amides is 1. The van der Waals surface area contributed by atoms with Crippen molar-refractivity contribution in [2.75, 3.05) is 20.2 Å². The minimum atomic E-state index is -4.45. The number of hydrogen-bond acceptors (Lipinski definition) is 4. The second kappa shape index (κ2) is 6.82. The zero-order valence-corrected chi connectivity index (χ0v) is 11.1. The summed E-state index contributed by atoms with van der Waals surface area (Å²) >= 11 is 0. The maximum atomic E-state index is 12.1. The van der Waals surface area contributed by atoms with Crippen LogP contribution in [0.4, 0.5) is 13.2 Å². The molecule has 21 heavy (non-hydrogen) atoms. The molecule has 9 heteroatoms. The monoisotopic (exact) mass is 305 g/mol. The number of amidine groups is 1. The molecule has 0 saturated heterocycles. The van der Waals surface area contributed by atoms with Gasteiger partial charge in [-0.05, 0) is 24.3 Å². The Kier molecular flexibility index (Phi) is 5.39. The fourth-order valence-electron chi connectivity index (χ4n) is 1.39. The van der Waals surface area contributed by atoms with Crippen LogP contribution < -0.4 is 10.5 Å². The van der Waals surface area contributed by atoms with Gasteiger partial charge in [-0.25, -0.2) is 0 Å². The molecule has 0 aliphatic rings. The summed E-state index contributed by atoms with van der Waals surface area (Å²) in [6, 6.07) is 5.86. The lowest BCUT2D eigenvalue weighted by Crippen LogP contribution is -2.38. The number of nitrogens with zero attached hydrogens (tertiary/aromatic N) is 2. The second-order valence-corrected chi connectivity index (χ2v) is 4.16. The highest BCUT2D eigenvalue weighted by atomic mass is 19.4. The van der Waals surface area contributed by atoms with Crippen molar-refractivity contribution in [2.45, 2.75) is 6.18 Å². The average Bonchev–Trinajstić information content (AvgIpc) is 2.42. The SMILES string of the molecule is CN(CC(F)(F)F)C(=O)COc1ccc(/C(N)=N/O)cc1. The highest BCUT2D eigenvalue weighted by molar-refractivity contribution is 5.97. The van der Waals surface area contributed by atoms with Gasteiger partial charge in [0.05, 0.1) is 0 Å². The van der Waals surface area contributed by atoms with Gasteiger partial charge in [0.2, 0.25) is 0 Å². The van der Waals surface area contributed by atoms with Crippen molar-refractivity contribution in [3.8, 4) is 5.75 Å². The third kappa shape index (κ3) is 5.59. The number of ether oxygens (including phenoxy) is 1. The van der Waals surface area contributed by atoms with Crippen LogP contribution in [0.3, 0.4) is 0 Å². The predicted octanol–water partition coefficient (Wildman–Crippen LogP) is 1.18. The lowest BCUT2D eigenvalue weighted by atomic mass is 10.2. The van der Waals surface area contributed by atoms with Crippen LogP contribution in [-0.4, -0.2) is 48.2 Å². The highest BCUT2D eigenvalue weighted by Crippen LogP contribution is 2.16. The Hall–Kier alpha value is -2.45. The molecule has 0 spiro atoms. The Balaban J connectivity index is 2.53. The second-order valence-electron chi connectivity index (χ2n) is 4.16. The molecule has 1 amide bonds. The van der Waals surface area contributed by atoms with Crippen molar-refractivity contribution in [3.05, 3.63) is 29.8 Å². The maximum Gasteiger partial charge on any atom is 0.406 e. The van der Waals surface area contributed by atoms with Gasteiger partial charge in [-0.15, -0.1) is 0 Å². The first-order valence-corrected chi connectivity index (χ1v) is 5.74. The molecule has 0 radical (unpaired) electrons. The normalized spacial score (nSPS) is 12.1. The molecule has 0 fully saturated rings. The van der Waals surface area contributed by atoms with Gasteiger partial charge in [0, 0.05) is 12.6 Å². The third-order valence-electron chi connectivity index (χ3n) is 2.46. The van der Waals surface area contributed by atoms with E-state index in [2.05, 4.69) is 5.16 Å². The third-order valence-corrected chi connectivity index (χ3v) is 2.46. The van der Waals surface area contributed by atoms with Gasteiger partial charge in [-0.1, -0.05) is 5.16 Å². The zero-order chi connectivity index (χ0) is 16.0. The van der Waals surface area contributed by atoms with E-state index in [-0.39, 0.29) is 11.6 Å². The minimum Gasteiger partial charge on any atom is -0.484 e. The van der Waals surface area contributed by atoms with Gasteiger partial charge in [-0.3, -0.25) is 4.79 Å². The standard InChI is InChI=1S/C12H14F3N3O3/c1-18(7-12(13,14)15)10(19)6-21-9-4-2-8(3-5-9)11(16)17-20/h2-5,20H,6-7H2,1H3,(H2,16,17). The molecule has 0 aromatic heterocycles. The number of alkyl halides is 3. The van der Waals surface area contributed by atoms with Crippen molar-refractivity contribution in [3.63, 3.8) is 0 Å². The molecule has 6 nitrogen and oxygen atoms in total. The number of oxime groups is 1. The Labute approximate surface area is 118 Å². The average molecular weight is 305 g/mol. The predicted molar refractivity (Wildman–Crippen MR) is 68.1 cm³/mol. The number of benzene rings is 1. The summed E-state index contributed by atoms with van der Waals surface area (Å²) < 4.78 is 41.4. The lowest BCUT2D eigenvalue weighted by Gasteiger charge is -2.19. The molecular weight excluding hydrogens is 291 g/mol. The van der Waals surface area contributed by atoms with E-state index in [1.165, 1.54) is 24.3 Å². The molecule has 0 bridgehead atoms. The number of likely N-dealkylation sites (N-methyl/N-ethyl adjacent to an activating group) is 1. The molecule has 3 N–H and O–H groups in total. The van der Waals surface area contributed by atoms with E-state index in [1.807, 2.05) is 0 Å². The first-order valence-electron chi connectivity index (χ1n) is 5.74. The molecule has 0 aliphatic carbocycles. The van der Waals surface area contributed by atoms with Gasteiger partial charge < -0.3 is 20.6 Å². The Bertz CT molecular complexity index is 515. The summed E-state index contributed by atoms with van der Waals surface area (Å²) in [5.41, 5.74) is 5.79. The molecule has 0 atom stereocenters. The van der Waals surface area contributed by atoms with E-state index < -0.39 is 25.2 Å².